The van der Waals surface area contributed by atoms with E-state index in [0.29, 0.717) is 0 Å². The molecule has 0 aromatic carbocycles. The van der Waals surface area contributed by atoms with Crippen molar-refractivity contribution in [1.82, 2.24) is 14.9 Å². The zero-order valence-corrected chi connectivity index (χ0v) is 11.6. The van der Waals surface area contributed by atoms with E-state index < -0.39 is 0 Å². The first-order valence-corrected chi connectivity index (χ1v) is 6.95. The number of nitrogens with one attached hydrogen (secondary N) is 1. The van der Waals surface area contributed by atoms with Crippen LogP contribution in [0.3, 0.4) is 0 Å². The van der Waals surface area contributed by atoms with E-state index in [9.17, 15) is 0 Å². The summed E-state index contributed by atoms with van der Waals surface area (Å²) in [7, 11) is 0. The van der Waals surface area contributed by atoms with Crippen LogP contribution in [0.2, 0.25) is 4.34 Å². The molecular formula is C12H16ClN3S. The van der Waals surface area contributed by atoms with Crippen molar-refractivity contribution < 1.29 is 0 Å². The maximum Gasteiger partial charge on any atom is 0.131 e. The summed E-state index contributed by atoms with van der Waals surface area (Å²) < 4.78 is 2.97. The topological polar surface area (TPSA) is 29.9 Å². The SMILES string of the molecule is CCNC(c1ccc(Cl)s1)c1nccn1CC. The summed E-state index contributed by atoms with van der Waals surface area (Å²) in [5.74, 6) is 1.05. The molecule has 0 fully saturated rings. The molecule has 0 saturated carbocycles. The van der Waals surface area contributed by atoms with E-state index in [1.54, 1.807) is 11.3 Å². The Hall–Kier alpha value is -0.840. The van der Waals surface area contributed by atoms with Gasteiger partial charge in [0, 0.05) is 23.8 Å². The first-order valence-electron chi connectivity index (χ1n) is 5.75. The number of thiophene rings is 1. The predicted octanol–water partition coefficient (Wildman–Crippen LogP) is 3.32. The second-order valence-electron chi connectivity index (χ2n) is 3.70. The van der Waals surface area contributed by atoms with Crippen LogP contribution < -0.4 is 5.32 Å². The van der Waals surface area contributed by atoms with Gasteiger partial charge in [-0.2, -0.15) is 0 Å². The first kappa shape index (κ1) is 12.6. The minimum absolute atomic E-state index is 0.132. The predicted molar refractivity (Wildman–Crippen MR) is 72.7 cm³/mol. The summed E-state index contributed by atoms with van der Waals surface area (Å²) in [6.07, 6.45) is 3.85. The maximum absolute atomic E-state index is 6.00. The van der Waals surface area contributed by atoms with E-state index >= 15 is 0 Å². The van der Waals surface area contributed by atoms with Crippen molar-refractivity contribution >= 4 is 22.9 Å². The second kappa shape index (κ2) is 5.67. The third kappa shape index (κ3) is 2.70. The number of halogens is 1. The number of aryl methyl sites for hydroxylation is 1. The third-order valence-corrected chi connectivity index (χ3v) is 3.93. The molecule has 1 N–H and O–H groups in total. The molecule has 17 heavy (non-hydrogen) atoms. The molecule has 2 heterocycles. The van der Waals surface area contributed by atoms with Crippen LogP contribution in [0.15, 0.2) is 24.5 Å². The van der Waals surface area contributed by atoms with E-state index in [1.807, 2.05) is 18.5 Å². The lowest BCUT2D eigenvalue weighted by atomic mass is 10.2. The van der Waals surface area contributed by atoms with Crippen molar-refractivity contribution in [3.8, 4) is 0 Å². The molecule has 2 aromatic heterocycles. The van der Waals surface area contributed by atoms with Crippen LogP contribution in [0.25, 0.3) is 0 Å². The van der Waals surface area contributed by atoms with Crippen molar-refractivity contribution in [2.75, 3.05) is 6.54 Å². The van der Waals surface area contributed by atoms with Gasteiger partial charge in [-0.15, -0.1) is 11.3 Å². The monoisotopic (exact) mass is 269 g/mol. The molecule has 2 aromatic rings. The highest BCUT2D eigenvalue weighted by Gasteiger charge is 2.19. The van der Waals surface area contributed by atoms with E-state index in [4.69, 9.17) is 11.6 Å². The van der Waals surface area contributed by atoms with Crippen LogP contribution in [0, 0.1) is 0 Å². The van der Waals surface area contributed by atoms with Gasteiger partial charge in [-0.05, 0) is 25.6 Å². The highest BCUT2D eigenvalue weighted by Crippen LogP contribution is 2.30. The summed E-state index contributed by atoms with van der Waals surface area (Å²) in [4.78, 5) is 5.66. The molecular weight excluding hydrogens is 254 g/mol. The van der Waals surface area contributed by atoms with Gasteiger partial charge in [0.2, 0.25) is 0 Å². The summed E-state index contributed by atoms with van der Waals surface area (Å²) in [5, 5.41) is 3.46. The Kier molecular flexibility index (Phi) is 4.20. The van der Waals surface area contributed by atoms with Crippen molar-refractivity contribution in [1.29, 1.82) is 0 Å². The van der Waals surface area contributed by atoms with Crippen LogP contribution in [-0.2, 0) is 6.54 Å². The van der Waals surface area contributed by atoms with Crippen molar-refractivity contribution in [2.45, 2.75) is 26.4 Å². The number of rotatable bonds is 5. The first-order chi connectivity index (χ1) is 8.26. The van der Waals surface area contributed by atoms with E-state index in [-0.39, 0.29) is 6.04 Å². The van der Waals surface area contributed by atoms with E-state index in [0.717, 1.165) is 23.3 Å². The van der Waals surface area contributed by atoms with Crippen molar-refractivity contribution in [2.24, 2.45) is 0 Å². The average molecular weight is 270 g/mol. The number of hydrogen-bond donors (Lipinski definition) is 1. The van der Waals surface area contributed by atoms with Gasteiger partial charge >= 0.3 is 0 Å². The van der Waals surface area contributed by atoms with Gasteiger partial charge in [0.1, 0.15) is 11.9 Å². The van der Waals surface area contributed by atoms with E-state index in [1.165, 1.54) is 4.88 Å². The molecule has 0 saturated heterocycles. The second-order valence-corrected chi connectivity index (χ2v) is 5.45. The highest BCUT2D eigenvalue weighted by molar-refractivity contribution is 7.16. The van der Waals surface area contributed by atoms with Gasteiger partial charge in [0.15, 0.2) is 0 Å². The zero-order valence-electron chi connectivity index (χ0n) is 9.98. The smallest absolute Gasteiger partial charge is 0.131 e. The van der Waals surface area contributed by atoms with Crippen LogP contribution in [-0.4, -0.2) is 16.1 Å². The lowest BCUT2D eigenvalue weighted by Crippen LogP contribution is -2.24. The van der Waals surface area contributed by atoms with Gasteiger partial charge in [-0.3, -0.25) is 0 Å². The molecule has 5 heteroatoms. The average Bonchev–Trinajstić information content (AvgIpc) is 2.94. The number of aromatic nitrogens is 2. The molecule has 2 rings (SSSR count). The zero-order chi connectivity index (χ0) is 12.3. The lowest BCUT2D eigenvalue weighted by Gasteiger charge is -2.17. The number of nitrogens with zero attached hydrogens (tertiary/aromatic N) is 2. The summed E-state index contributed by atoms with van der Waals surface area (Å²) in [5.41, 5.74) is 0. The molecule has 0 radical (unpaired) electrons. The van der Waals surface area contributed by atoms with Crippen molar-refractivity contribution in [3.05, 3.63) is 39.6 Å². The van der Waals surface area contributed by atoms with Crippen LogP contribution in [0.1, 0.15) is 30.6 Å². The fourth-order valence-corrected chi connectivity index (χ4v) is 2.99. The highest BCUT2D eigenvalue weighted by atomic mass is 35.5. The normalized spacial score (nSPS) is 12.9. The molecule has 0 aliphatic rings. The Morgan fingerprint density at radius 1 is 1.47 bits per heavy atom. The minimum atomic E-state index is 0.132. The summed E-state index contributed by atoms with van der Waals surface area (Å²) >= 11 is 7.61. The molecule has 3 nitrogen and oxygen atoms in total. The molecule has 0 spiro atoms. The quantitative estimate of drug-likeness (QED) is 0.902. The molecule has 1 atom stereocenters. The standard InChI is InChI=1S/C12H16ClN3S/c1-3-14-11(9-5-6-10(13)17-9)12-15-7-8-16(12)4-2/h5-8,11,14H,3-4H2,1-2H3. The van der Waals surface area contributed by atoms with Crippen LogP contribution in [0.5, 0.6) is 0 Å². The Morgan fingerprint density at radius 3 is 2.88 bits per heavy atom. The van der Waals surface area contributed by atoms with Crippen LogP contribution >= 0.6 is 22.9 Å². The maximum atomic E-state index is 6.00. The van der Waals surface area contributed by atoms with Gasteiger partial charge in [-0.25, -0.2) is 4.98 Å². The van der Waals surface area contributed by atoms with Crippen molar-refractivity contribution in [3.63, 3.8) is 0 Å². The van der Waals surface area contributed by atoms with Gasteiger partial charge in [0.05, 0.1) is 4.34 Å². The number of imidazole rings is 1. The molecule has 0 amide bonds. The molecule has 1 unspecified atom stereocenters. The molecule has 0 aliphatic carbocycles. The third-order valence-electron chi connectivity index (χ3n) is 2.63. The van der Waals surface area contributed by atoms with E-state index in [2.05, 4.69) is 34.8 Å². The molecule has 0 aliphatic heterocycles. The summed E-state index contributed by atoms with van der Waals surface area (Å²) in [6, 6.07) is 4.13. The molecule has 0 bridgehead atoms. The van der Waals surface area contributed by atoms with Crippen LogP contribution in [0.4, 0.5) is 0 Å². The fraction of sp³-hybridized carbons (Fsp3) is 0.417. The Balaban J connectivity index is 2.35. The Labute approximate surface area is 110 Å². The molecule has 92 valence electrons. The van der Waals surface area contributed by atoms with Gasteiger partial charge in [0.25, 0.3) is 0 Å². The lowest BCUT2D eigenvalue weighted by molar-refractivity contribution is 0.565. The fourth-order valence-electron chi connectivity index (χ4n) is 1.86. The Morgan fingerprint density at radius 2 is 2.29 bits per heavy atom. The van der Waals surface area contributed by atoms with Gasteiger partial charge in [-0.1, -0.05) is 18.5 Å². The minimum Gasteiger partial charge on any atom is -0.334 e. The number of hydrogen-bond acceptors (Lipinski definition) is 3. The summed E-state index contributed by atoms with van der Waals surface area (Å²) in [6.45, 7) is 6.05. The van der Waals surface area contributed by atoms with Gasteiger partial charge < -0.3 is 9.88 Å². The Bertz CT molecular complexity index is 478. The largest absolute Gasteiger partial charge is 0.334 e.